The Morgan fingerprint density at radius 3 is 2.67 bits per heavy atom. The zero-order valence-electron chi connectivity index (χ0n) is 16.6. The Kier molecular flexibility index (Phi) is 8.39. The maximum Gasteiger partial charge on any atom is 0.119 e. The highest BCUT2D eigenvalue weighted by Crippen LogP contribution is 2.21. The van der Waals surface area contributed by atoms with E-state index in [4.69, 9.17) is 4.74 Å². The lowest BCUT2D eigenvalue weighted by molar-refractivity contribution is -0.00445. The van der Waals surface area contributed by atoms with Gasteiger partial charge in [0.05, 0.1) is 12.7 Å². The second kappa shape index (κ2) is 11.0. The molecule has 2 N–H and O–H groups in total. The molecule has 2 aliphatic heterocycles. The van der Waals surface area contributed by atoms with Gasteiger partial charge in [-0.05, 0) is 76.0 Å². The van der Waals surface area contributed by atoms with E-state index in [1.165, 1.54) is 50.9 Å². The molecule has 0 bridgehead atoms. The molecule has 1 aromatic rings. The van der Waals surface area contributed by atoms with Crippen LogP contribution in [0.3, 0.4) is 0 Å². The minimum atomic E-state index is -0.428. The predicted molar refractivity (Wildman–Crippen MR) is 108 cm³/mol. The number of hydrogen-bond acceptors (Lipinski definition) is 5. The van der Waals surface area contributed by atoms with Crippen LogP contribution in [0.1, 0.15) is 44.1 Å². The maximum absolute atomic E-state index is 10.1. The van der Waals surface area contributed by atoms with Crippen LogP contribution in [0.5, 0.6) is 5.75 Å². The molecule has 0 unspecified atom stereocenters. The van der Waals surface area contributed by atoms with Crippen molar-refractivity contribution in [1.29, 1.82) is 0 Å². The van der Waals surface area contributed by atoms with E-state index in [-0.39, 0.29) is 12.5 Å². The SMILES string of the molecule is OC[C@H]1CCN(Cc2cccc(OCCCCN3CCCCC3)c2)C[C@H]1O. The Hall–Kier alpha value is -1.14. The number of unbranched alkanes of at least 4 members (excludes halogenated alkanes) is 1. The lowest BCUT2D eigenvalue weighted by atomic mass is 9.94. The number of likely N-dealkylation sites (tertiary alicyclic amines) is 2. The standard InChI is InChI=1S/C22H36N2O3/c25-18-20-9-13-24(17-22(20)26)16-19-7-6-8-21(15-19)27-14-5-4-12-23-10-2-1-3-11-23/h6-8,15,20,22,25-26H,1-5,9-14,16-18H2/t20-,22-/m1/s1. The fourth-order valence-electron chi connectivity index (χ4n) is 4.20. The molecule has 0 spiro atoms. The summed E-state index contributed by atoms with van der Waals surface area (Å²) in [5.74, 6) is 0.970. The molecule has 2 saturated heterocycles. The van der Waals surface area contributed by atoms with E-state index in [1.54, 1.807) is 0 Å². The van der Waals surface area contributed by atoms with Gasteiger partial charge in [0.1, 0.15) is 5.75 Å². The van der Waals surface area contributed by atoms with Crippen LogP contribution >= 0.6 is 0 Å². The number of nitrogens with zero attached hydrogens (tertiary/aromatic N) is 2. The van der Waals surface area contributed by atoms with E-state index >= 15 is 0 Å². The Morgan fingerprint density at radius 2 is 1.89 bits per heavy atom. The molecular formula is C22H36N2O3. The molecule has 0 radical (unpaired) electrons. The lowest BCUT2D eigenvalue weighted by Crippen LogP contribution is -2.44. The van der Waals surface area contributed by atoms with Crippen LogP contribution in [0.25, 0.3) is 0 Å². The molecule has 0 saturated carbocycles. The summed E-state index contributed by atoms with van der Waals surface area (Å²) in [5, 5.41) is 19.4. The van der Waals surface area contributed by atoms with Crippen molar-refractivity contribution in [2.45, 2.75) is 51.2 Å². The van der Waals surface area contributed by atoms with Crippen LogP contribution in [0.15, 0.2) is 24.3 Å². The Bertz CT molecular complexity index is 548. The molecule has 5 nitrogen and oxygen atoms in total. The highest BCUT2D eigenvalue weighted by molar-refractivity contribution is 5.28. The monoisotopic (exact) mass is 376 g/mol. The largest absolute Gasteiger partial charge is 0.494 e. The average molecular weight is 377 g/mol. The third-order valence-corrected chi connectivity index (χ3v) is 5.93. The molecule has 2 aliphatic rings. The number of aliphatic hydroxyl groups is 2. The molecule has 0 amide bonds. The van der Waals surface area contributed by atoms with Gasteiger partial charge in [0.15, 0.2) is 0 Å². The van der Waals surface area contributed by atoms with Gasteiger partial charge in [-0.25, -0.2) is 0 Å². The number of ether oxygens (including phenoxy) is 1. The first-order chi connectivity index (χ1) is 13.2. The van der Waals surface area contributed by atoms with Crippen LogP contribution in [0.2, 0.25) is 0 Å². The molecule has 3 rings (SSSR count). The molecule has 5 heteroatoms. The van der Waals surface area contributed by atoms with Crippen molar-refractivity contribution in [3.63, 3.8) is 0 Å². The highest BCUT2D eigenvalue weighted by atomic mass is 16.5. The van der Waals surface area contributed by atoms with Gasteiger partial charge >= 0.3 is 0 Å². The third-order valence-electron chi connectivity index (χ3n) is 5.93. The minimum Gasteiger partial charge on any atom is -0.494 e. The first-order valence-electron chi connectivity index (χ1n) is 10.7. The summed E-state index contributed by atoms with van der Waals surface area (Å²) >= 11 is 0. The molecule has 2 atom stereocenters. The fraction of sp³-hybridized carbons (Fsp3) is 0.727. The number of piperidine rings is 2. The van der Waals surface area contributed by atoms with E-state index in [9.17, 15) is 10.2 Å². The maximum atomic E-state index is 10.1. The van der Waals surface area contributed by atoms with Crippen LogP contribution in [0.4, 0.5) is 0 Å². The van der Waals surface area contributed by atoms with Gasteiger partial charge in [-0.3, -0.25) is 4.90 Å². The summed E-state index contributed by atoms with van der Waals surface area (Å²) in [7, 11) is 0. The highest BCUT2D eigenvalue weighted by Gasteiger charge is 2.26. The first kappa shape index (κ1) is 20.6. The molecule has 0 aromatic heterocycles. The molecular weight excluding hydrogens is 340 g/mol. The lowest BCUT2D eigenvalue weighted by Gasteiger charge is -2.35. The Labute approximate surface area is 163 Å². The van der Waals surface area contributed by atoms with Gasteiger partial charge < -0.3 is 19.8 Å². The summed E-state index contributed by atoms with van der Waals surface area (Å²) in [6.07, 6.45) is 6.84. The van der Waals surface area contributed by atoms with Crippen molar-refractivity contribution in [2.24, 2.45) is 5.92 Å². The van der Waals surface area contributed by atoms with Crippen molar-refractivity contribution in [3.05, 3.63) is 29.8 Å². The zero-order valence-corrected chi connectivity index (χ0v) is 16.6. The second-order valence-electron chi connectivity index (χ2n) is 8.14. The van der Waals surface area contributed by atoms with Crippen molar-refractivity contribution in [1.82, 2.24) is 9.80 Å². The quantitative estimate of drug-likeness (QED) is 0.649. The van der Waals surface area contributed by atoms with E-state index in [0.29, 0.717) is 6.54 Å². The fourth-order valence-corrected chi connectivity index (χ4v) is 4.20. The summed E-state index contributed by atoms with van der Waals surface area (Å²) in [5.41, 5.74) is 1.22. The van der Waals surface area contributed by atoms with Crippen molar-refractivity contribution < 1.29 is 14.9 Å². The summed E-state index contributed by atoms with van der Waals surface area (Å²) < 4.78 is 5.96. The minimum absolute atomic E-state index is 0.0286. The number of rotatable bonds is 9. The van der Waals surface area contributed by atoms with Crippen molar-refractivity contribution in [2.75, 3.05) is 45.9 Å². The van der Waals surface area contributed by atoms with Gasteiger partial charge in [-0.2, -0.15) is 0 Å². The average Bonchev–Trinajstić information content (AvgIpc) is 2.69. The number of hydrogen-bond donors (Lipinski definition) is 2. The van der Waals surface area contributed by atoms with Crippen LogP contribution in [-0.2, 0) is 6.54 Å². The normalized spacial score (nSPS) is 24.8. The van der Waals surface area contributed by atoms with E-state index < -0.39 is 6.10 Å². The number of benzene rings is 1. The molecule has 2 heterocycles. The third kappa shape index (κ3) is 6.75. The van der Waals surface area contributed by atoms with Crippen molar-refractivity contribution >= 4 is 0 Å². The van der Waals surface area contributed by atoms with Gasteiger partial charge in [0, 0.05) is 25.6 Å². The molecule has 0 aliphatic carbocycles. The molecule has 2 fully saturated rings. The molecule has 152 valence electrons. The number of β-amino-alcohol motifs (C(OH)–C–C–N with tert-alkyl or cyclic N) is 1. The van der Waals surface area contributed by atoms with Gasteiger partial charge in [0.25, 0.3) is 0 Å². The zero-order chi connectivity index (χ0) is 18.9. The summed E-state index contributed by atoms with van der Waals surface area (Å²) in [6, 6.07) is 8.32. The van der Waals surface area contributed by atoms with Gasteiger partial charge in [-0.15, -0.1) is 0 Å². The Balaban J connectivity index is 1.36. The van der Waals surface area contributed by atoms with Crippen LogP contribution in [-0.4, -0.2) is 72.1 Å². The number of aliphatic hydroxyl groups excluding tert-OH is 2. The van der Waals surface area contributed by atoms with Crippen LogP contribution < -0.4 is 4.74 Å². The second-order valence-corrected chi connectivity index (χ2v) is 8.14. The Morgan fingerprint density at radius 1 is 1.04 bits per heavy atom. The van der Waals surface area contributed by atoms with E-state index in [1.807, 2.05) is 6.07 Å². The molecule has 27 heavy (non-hydrogen) atoms. The first-order valence-corrected chi connectivity index (χ1v) is 10.7. The van der Waals surface area contributed by atoms with Crippen molar-refractivity contribution in [3.8, 4) is 5.75 Å². The predicted octanol–water partition coefficient (Wildman–Crippen LogP) is 2.51. The molecule has 1 aromatic carbocycles. The summed E-state index contributed by atoms with van der Waals surface area (Å²) in [6.45, 7) is 6.97. The van der Waals surface area contributed by atoms with Gasteiger partial charge in [-0.1, -0.05) is 18.6 Å². The topological polar surface area (TPSA) is 56.2 Å². The van der Waals surface area contributed by atoms with Crippen LogP contribution in [0, 0.1) is 5.92 Å². The smallest absolute Gasteiger partial charge is 0.119 e. The van der Waals surface area contributed by atoms with Gasteiger partial charge in [0.2, 0.25) is 0 Å². The van der Waals surface area contributed by atoms with E-state index in [2.05, 4.69) is 28.0 Å². The van der Waals surface area contributed by atoms with E-state index in [0.717, 1.165) is 38.3 Å². The summed E-state index contributed by atoms with van der Waals surface area (Å²) in [4.78, 5) is 4.84.